The Morgan fingerprint density at radius 3 is 2.56 bits per heavy atom. The van der Waals surface area contributed by atoms with E-state index in [2.05, 4.69) is 45.7 Å². The number of para-hydroxylation sites is 1. The second kappa shape index (κ2) is 10.1. The normalized spacial score (nSPS) is 11.6. The Morgan fingerprint density at radius 2 is 1.81 bits per heavy atom. The highest BCUT2D eigenvalue weighted by Gasteiger charge is 2.17. The molecule has 166 valence electrons. The van der Waals surface area contributed by atoms with Crippen molar-refractivity contribution in [1.82, 2.24) is 19.2 Å². The second-order valence-electron chi connectivity index (χ2n) is 8.10. The number of hydrogen-bond donors (Lipinski definition) is 1. The van der Waals surface area contributed by atoms with Gasteiger partial charge in [0.2, 0.25) is 0 Å². The molecule has 6 nitrogen and oxygen atoms in total. The molecule has 0 unspecified atom stereocenters. The molecule has 7 heteroatoms. The van der Waals surface area contributed by atoms with E-state index >= 15 is 0 Å². The molecule has 0 saturated carbocycles. The molecule has 4 aromatic rings. The molecule has 0 aliphatic rings. The van der Waals surface area contributed by atoms with Gasteiger partial charge < -0.3 is 10.5 Å². The van der Waals surface area contributed by atoms with Crippen molar-refractivity contribution in [2.45, 2.75) is 20.0 Å². The van der Waals surface area contributed by atoms with Crippen LogP contribution in [0, 0.1) is 6.92 Å². The van der Waals surface area contributed by atoms with E-state index in [0.717, 1.165) is 60.1 Å². The Balaban J connectivity index is 1.45. The predicted octanol–water partition coefficient (Wildman–Crippen LogP) is 4.09. The summed E-state index contributed by atoms with van der Waals surface area (Å²) in [4.78, 5) is 21.5. The minimum atomic E-state index is 0.438. The van der Waals surface area contributed by atoms with Gasteiger partial charge in [-0.05, 0) is 25.6 Å². The quantitative estimate of drug-likeness (QED) is 0.293. The van der Waals surface area contributed by atoms with E-state index in [9.17, 15) is 4.79 Å². The van der Waals surface area contributed by atoms with Gasteiger partial charge in [0, 0.05) is 54.2 Å². The van der Waals surface area contributed by atoms with Gasteiger partial charge in [-0.3, -0.25) is 14.2 Å². The largest absolute Gasteiger partial charge is 0.398 e. The van der Waals surface area contributed by atoms with Gasteiger partial charge in [-0.1, -0.05) is 48.5 Å². The highest BCUT2D eigenvalue weighted by atomic mass is 32.1. The highest BCUT2D eigenvalue weighted by molar-refractivity contribution is 7.15. The van der Waals surface area contributed by atoms with E-state index < -0.39 is 0 Å². The summed E-state index contributed by atoms with van der Waals surface area (Å²) in [5.74, 6) is 0. The summed E-state index contributed by atoms with van der Waals surface area (Å²) in [5, 5.41) is 2.18. The van der Waals surface area contributed by atoms with Crippen LogP contribution in [-0.2, 0) is 17.9 Å². The first-order valence-corrected chi connectivity index (χ1v) is 11.6. The predicted molar refractivity (Wildman–Crippen MR) is 132 cm³/mol. The van der Waals surface area contributed by atoms with Crippen molar-refractivity contribution in [3.63, 3.8) is 0 Å². The van der Waals surface area contributed by atoms with E-state index in [4.69, 9.17) is 10.7 Å². The fourth-order valence-electron chi connectivity index (χ4n) is 3.99. The first kappa shape index (κ1) is 22.2. The van der Waals surface area contributed by atoms with Crippen LogP contribution in [0.3, 0.4) is 0 Å². The lowest BCUT2D eigenvalue weighted by atomic mass is 10.1. The third-order valence-corrected chi connectivity index (χ3v) is 6.57. The smallest absolute Gasteiger partial charge is 0.194 e. The first-order valence-electron chi connectivity index (χ1n) is 10.8. The van der Waals surface area contributed by atoms with Crippen LogP contribution in [-0.4, -0.2) is 52.2 Å². The van der Waals surface area contributed by atoms with Crippen molar-refractivity contribution in [3.8, 4) is 11.3 Å². The monoisotopic (exact) mass is 447 g/mol. The van der Waals surface area contributed by atoms with Crippen LogP contribution >= 0.6 is 11.3 Å². The van der Waals surface area contributed by atoms with Crippen molar-refractivity contribution in [3.05, 3.63) is 76.9 Å². The maximum absolute atomic E-state index is 11.2. The fraction of sp³-hybridized carbons (Fsp3) is 0.280. The van der Waals surface area contributed by atoms with Gasteiger partial charge in [0.05, 0.1) is 12.2 Å². The number of imidazole rings is 1. The molecule has 0 spiro atoms. The summed E-state index contributed by atoms with van der Waals surface area (Å²) >= 11 is 1.65. The third-order valence-electron chi connectivity index (χ3n) is 5.69. The summed E-state index contributed by atoms with van der Waals surface area (Å²) in [5.41, 5.74) is 12.4. The number of likely N-dealkylation sites (N-methyl/N-ethyl adjacent to an activating group) is 1. The number of aromatic nitrogens is 2. The molecule has 0 saturated heterocycles. The molecule has 0 aliphatic carbocycles. The van der Waals surface area contributed by atoms with Crippen LogP contribution in [0.5, 0.6) is 0 Å². The van der Waals surface area contributed by atoms with Crippen LogP contribution in [0.15, 0.2) is 60.0 Å². The number of fused-ring (bicyclic) bond motifs is 1. The molecule has 0 atom stereocenters. The summed E-state index contributed by atoms with van der Waals surface area (Å²) in [7, 11) is 2.12. The van der Waals surface area contributed by atoms with Gasteiger partial charge >= 0.3 is 0 Å². The number of aldehydes is 1. The standard InChI is InChI=1S/C25H29N5OS/c1-19-24(22-10-6-7-11-23(22)26)27-25-30(19)21(18-32-25)17-28(2)12-13-29(14-15-31)16-20-8-4-3-5-9-20/h3-11,15,18H,12-14,16-17,26H2,1-2H3. The van der Waals surface area contributed by atoms with Gasteiger partial charge in [0.25, 0.3) is 0 Å². The number of carbonyl (C=O) groups is 1. The Kier molecular flexibility index (Phi) is 6.99. The Morgan fingerprint density at radius 1 is 1.06 bits per heavy atom. The lowest BCUT2D eigenvalue weighted by Crippen LogP contribution is -2.34. The van der Waals surface area contributed by atoms with E-state index in [1.807, 2.05) is 42.5 Å². The minimum absolute atomic E-state index is 0.438. The van der Waals surface area contributed by atoms with E-state index in [1.54, 1.807) is 11.3 Å². The molecule has 2 heterocycles. The van der Waals surface area contributed by atoms with Gasteiger partial charge in [0.1, 0.15) is 6.29 Å². The van der Waals surface area contributed by atoms with Crippen LogP contribution in [0.2, 0.25) is 0 Å². The summed E-state index contributed by atoms with van der Waals surface area (Å²) in [6.45, 7) is 5.81. The van der Waals surface area contributed by atoms with Crippen LogP contribution in [0.25, 0.3) is 16.2 Å². The SMILES string of the molecule is Cc1c(-c2ccccc2N)nc2scc(CN(C)CCN(CC=O)Cc3ccccc3)n12. The van der Waals surface area contributed by atoms with E-state index in [0.29, 0.717) is 6.54 Å². The molecule has 2 N–H and O–H groups in total. The molecule has 0 fully saturated rings. The molecular weight excluding hydrogens is 418 g/mol. The molecule has 0 amide bonds. The topological polar surface area (TPSA) is 66.9 Å². The molecule has 2 aromatic heterocycles. The van der Waals surface area contributed by atoms with E-state index in [1.165, 1.54) is 11.3 Å². The number of aryl methyl sites for hydroxylation is 1. The minimum Gasteiger partial charge on any atom is -0.398 e. The Labute approximate surface area is 192 Å². The van der Waals surface area contributed by atoms with Gasteiger partial charge in [-0.25, -0.2) is 4.98 Å². The number of carbonyl (C=O) groups excluding carboxylic acids is 1. The first-order chi connectivity index (χ1) is 15.6. The van der Waals surface area contributed by atoms with Gasteiger partial charge in [-0.2, -0.15) is 0 Å². The Bertz CT molecular complexity index is 1180. The molecule has 0 aliphatic heterocycles. The number of benzene rings is 2. The molecular formula is C25H29N5OS. The molecule has 0 radical (unpaired) electrons. The van der Waals surface area contributed by atoms with Crippen LogP contribution in [0.1, 0.15) is 17.0 Å². The zero-order chi connectivity index (χ0) is 22.5. The van der Waals surface area contributed by atoms with Gasteiger partial charge in [-0.15, -0.1) is 11.3 Å². The number of anilines is 1. The number of nitrogens with two attached hydrogens (primary N) is 1. The number of nitrogens with zero attached hydrogens (tertiary/aromatic N) is 4. The highest BCUT2D eigenvalue weighted by Crippen LogP contribution is 2.31. The maximum Gasteiger partial charge on any atom is 0.194 e. The summed E-state index contributed by atoms with van der Waals surface area (Å²) in [6, 6.07) is 18.2. The van der Waals surface area contributed by atoms with Crippen molar-refractivity contribution in [2.24, 2.45) is 0 Å². The van der Waals surface area contributed by atoms with Crippen LogP contribution < -0.4 is 5.73 Å². The molecule has 4 rings (SSSR count). The van der Waals surface area contributed by atoms with Gasteiger partial charge in [0.15, 0.2) is 4.96 Å². The van der Waals surface area contributed by atoms with E-state index in [-0.39, 0.29) is 0 Å². The molecule has 0 bridgehead atoms. The fourth-order valence-corrected chi connectivity index (χ4v) is 4.92. The number of nitrogen functional groups attached to an aromatic ring is 1. The molecule has 2 aromatic carbocycles. The zero-order valence-corrected chi connectivity index (χ0v) is 19.4. The Hall–Kier alpha value is -3.00. The van der Waals surface area contributed by atoms with Crippen LogP contribution in [0.4, 0.5) is 5.69 Å². The number of hydrogen-bond acceptors (Lipinski definition) is 6. The average Bonchev–Trinajstić information content (AvgIpc) is 3.33. The van der Waals surface area contributed by atoms with Crippen molar-refractivity contribution in [1.29, 1.82) is 0 Å². The number of rotatable bonds is 10. The summed E-state index contributed by atoms with van der Waals surface area (Å²) < 4.78 is 2.23. The zero-order valence-electron chi connectivity index (χ0n) is 18.6. The maximum atomic E-state index is 11.2. The second-order valence-corrected chi connectivity index (χ2v) is 8.94. The lowest BCUT2D eigenvalue weighted by Gasteiger charge is -2.24. The average molecular weight is 448 g/mol. The third kappa shape index (κ3) is 4.91. The van der Waals surface area contributed by atoms with Crippen molar-refractivity contribution >= 4 is 28.3 Å². The van der Waals surface area contributed by atoms with Crippen molar-refractivity contribution < 1.29 is 4.79 Å². The number of thiazole rings is 1. The lowest BCUT2D eigenvalue weighted by molar-refractivity contribution is -0.109. The molecule has 32 heavy (non-hydrogen) atoms. The van der Waals surface area contributed by atoms with Crippen molar-refractivity contribution in [2.75, 3.05) is 32.4 Å². The summed E-state index contributed by atoms with van der Waals surface area (Å²) in [6.07, 6.45) is 0.983.